The van der Waals surface area contributed by atoms with Gasteiger partial charge in [-0.1, -0.05) is 29.8 Å². The fraction of sp³-hybridized carbons (Fsp3) is 0.118. The number of hydrogen-bond donors (Lipinski definition) is 1. The lowest BCUT2D eigenvalue weighted by Gasteiger charge is -2.00. The standard InChI is InChI=1S/C17H13ClFNO/c18-12-5-1-3-11(9-12)4-2-6-15-14-8-7-13(19)10-16(14)20-17(15)21/h1,3,5-10H,2,4H2,(H,20,21)/b15-6+. The van der Waals surface area contributed by atoms with E-state index in [1.54, 1.807) is 6.07 Å². The molecule has 0 radical (unpaired) electrons. The Labute approximate surface area is 127 Å². The van der Waals surface area contributed by atoms with Crippen molar-refractivity contribution in [2.24, 2.45) is 0 Å². The van der Waals surface area contributed by atoms with Gasteiger partial charge in [-0.3, -0.25) is 4.79 Å². The van der Waals surface area contributed by atoms with Gasteiger partial charge in [0.2, 0.25) is 0 Å². The van der Waals surface area contributed by atoms with Crippen LogP contribution >= 0.6 is 11.6 Å². The van der Waals surface area contributed by atoms with E-state index in [0.717, 1.165) is 24.0 Å². The topological polar surface area (TPSA) is 29.1 Å². The lowest BCUT2D eigenvalue weighted by atomic mass is 10.0. The van der Waals surface area contributed by atoms with Crippen LogP contribution < -0.4 is 5.32 Å². The molecule has 21 heavy (non-hydrogen) atoms. The molecule has 1 aliphatic rings. The number of anilines is 1. The molecular formula is C17H13ClFNO. The monoisotopic (exact) mass is 301 g/mol. The Hall–Kier alpha value is -2.13. The van der Waals surface area contributed by atoms with Gasteiger partial charge in [0, 0.05) is 16.2 Å². The Balaban J connectivity index is 1.77. The van der Waals surface area contributed by atoms with E-state index in [9.17, 15) is 9.18 Å². The largest absolute Gasteiger partial charge is 0.321 e. The van der Waals surface area contributed by atoms with Crippen LogP contribution in [-0.2, 0) is 11.2 Å². The first-order chi connectivity index (χ1) is 10.1. The van der Waals surface area contributed by atoms with Crippen LogP contribution in [0.2, 0.25) is 5.02 Å². The van der Waals surface area contributed by atoms with Gasteiger partial charge < -0.3 is 5.32 Å². The molecule has 1 N–H and O–H groups in total. The SMILES string of the molecule is O=C1Nc2cc(F)ccc2/C1=C\CCc1cccc(Cl)c1. The van der Waals surface area contributed by atoms with Crippen LogP contribution in [0.1, 0.15) is 17.5 Å². The molecule has 0 bridgehead atoms. The van der Waals surface area contributed by atoms with Crippen molar-refractivity contribution in [2.45, 2.75) is 12.8 Å². The highest BCUT2D eigenvalue weighted by Gasteiger charge is 2.23. The maximum Gasteiger partial charge on any atom is 0.256 e. The van der Waals surface area contributed by atoms with E-state index in [1.807, 2.05) is 30.3 Å². The fourth-order valence-electron chi connectivity index (χ4n) is 2.45. The molecule has 2 aromatic rings. The number of carbonyl (C=O) groups is 1. The van der Waals surface area contributed by atoms with E-state index in [1.165, 1.54) is 12.1 Å². The minimum Gasteiger partial charge on any atom is -0.321 e. The first-order valence-electron chi connectivity index (χ1n) is 6.69. The van der Waals surface area contributed by atoms with Crippen molar-refractivity contribution in [3.63, 3.8) is 0 Å². The fourth-order valence-corrected chi connectivity index (χ4v) is 2.66. The van der Waals surface area contributed by atoms with Gasteiger partial charge in [0.05, 0.1) is 5.69 Å². The Kier molecular flexibility index (Phi) is 3.76. The summed E-state index contributed by atoms with van der Waals surface area (Å²) >= 11 is 5.94. The van der Waals surface area contributed by atoms with Crippen LogP contribution in [-0.4, -0.2) is 5.91 Å². The van der Waals surface area contributed by atoms with Crippen molar-refractivity contribution in [1.29, 1.82) is 0 Å². The third kappa shape index (κ3) is 2.98. The van der Waals surface area contributed by atoms with Gasteiger partial charge in [-0.2, -0.15) is 0 Å². The van der Waals surface area contributed by atoms with Crippen LogP contribution in [0.3, 0.4) is 0 Å². The Morgan fingerprint density at radius 3 is 2.86 bits per heavy atom. The van der Waals surface area contributed by atoms with Gasteiger partial charge in [0.25, 0.3) is 5.91 Å². The number of carbonyl (C=O) groups excluding carboxylic acids is 1. The van der Waals surface area contributed by atoms with Crippen molar-refractivity contribution < 1.29 is 9.18 Å². The molecular weight excluding hydrogens is 289 g/mol. The first-order valence-corrected chi connectivity index (χ1v) is 7.07. The van der Waals surface area contributed by atoms with Crippen molar-refractivity contribution in [1.82, 2.24) is 0 Å². The molecule has 0 spiro atoms. The zero-order chi connectivity index (χ0) is 14.8. The van der Waals surface area contributed by atoms with Gasteiger partial charge in [0.15, 0.2) is 0 Å². The van der Waals surface area contributed by atoms with Gasteiger partial charge in [0.1, 0.15) is 5.82 Å². The molecule has 0 saturated carbocycles. The van der Waals surface area contributed by atoms with Crippen LogP contribution in [0.25, 0.3) is 5.57 Å². The zero-order valence-electron chi connectivity index (χ0n) is 11.2. The zero-order valence-corrected chi connectivity index (χ0v) is 12.0. The van der Waals surface area contributed by atoms with Gasteiger partial charge >= 0.3 is 0 Å². The van der Waals surface area contributed by atoms with Crippen LogP contribution in [0.5, 0.6) is 0 Å². The molecule has 0 saturated heterocycles. The molecule has 1 heterocycles. The van der Waals surface area contributed by atoms with Crippen molar-refractivity contribution in [2.75, 3.05) is 5.32 Å². The number of halogens is 2. The summed E-state index contributed by atoms with van der Waals surface area (Å²) in [5.41, 5.74) is 3.02. The summed E-state index contributed by atoms with van der Waals surface area (Å²) in [7, 11) is 0. The van der Waals surface area contributed by atoms with E-state index in [2.05, 4.69) is 5.32 Å². The van der Waals surface area contributed by atoms with Crippen molar-refractivity contribution in [3.8, 4) is 0 Å². The maximum absolute atomic E-state index is 13.1. The molecule has 0 unspecified atom stereocenters. The number of fused-ring (bicyclic) bond motifs is 1. The van der Waals surface area contributed by atoms with E-state index in [4.69, 9.17) is 11.6 Å². The Bertz CT molecular complexity index is 739. The Morgan fingerprint density at radius 2 is 2.05 bits per heavy atom. The molecule has 0 atom stereocenters. The highest BCUT2D eigenvalue weighted by Crippen LogP contribution is 2.32. The number of rotatable bonds is 3. The molecule has 1 aliphatic heterocycles. The maximum atomic E-state index is 13.1. The summed E-state index contributed by atoms with van der Waals surface area (Å²) in [6.07, 6.45) is 3.41. The van der Waals surface area contributed by atoms with Crippen LogP contribution in [0.15, 0.2) is 48.5 Å². The minimum atomic E-state index is -0.353. The van der Waals surface area contributed by atoms with E-state index in [-0.39, 0.29) is 11.7 Å². The summed E-state index contributed by atoms with van der Waals surface area (Å²) in [4.78, 5) is 11.9. The van der Waals surface area contributed by atoms with E-state index < -0.39 is 0 Å². The number of aryl methyl sites for hydroxylation is 1. The summed E-state index contributed by atoms with van der Waals surface area (Å²) in [6, 6.07) is 12.0. The predicted octanol–water partition coefficient (Wildman–Crippen LogP) is 4.45. The van der Waals surface area contributed by atoms with Gasteiger partial charge in [-0.25, -0.2) is 4.39 Å². The summed E-state index contributed by atoms with van der Waals surface area (Å²) in [6.45, 7) is 0. The summed E-state index contributed by atoms with van der Waals surface area (Å²) in [5.74, 6) is -0.532. The third-order valence-corrected chi connectivity index (χ3v) is 3.67. The Morgan fingerprint density at radius 1 is 1.19 bits per heavy atom. The molecule has 2 aromatic carbocycles. The smallest absolute Gasteiger partial charge is 0.256 e. The van der Waals surface area contributed by atoms with E-state index >= 15 is 0 Å². The van der Waals surface area contributed by atoms with Crippen molar-refractivity contribution in [3.05, 3.63) is 70.5 Å². The van der Waals surface area contributed by atoms with Crippen molar-refractivity contribution >= 4 is 28.8 Å². The molecule has 0 fully saturated rings. The number of benzene rings is 2. The highest BCUT2D eigenvalue weighted by atomic mass is 35.5. The van der Waals surface area contributed by atoms with Gasteiger partial charge in [-0.15, -0.1) is 0 Å². The average Bonchev–Trinajstić information content (AvgIpc) is 2.74. The number of hydrogen-bond acceptors (Lipinski definition) is 1. The quantitative estimate of drug-likeness (QED) is 0.834. The highest BCUT2D eigenvalue weighted by molar-refractivity contribution is 6.31. The average molecular weight is 302 g/mol. The number of amides is 1. The molecule has 0 aromatic heterocycles. The minimum absolute atomic E-state index is 0.179. The molecule has 1 amide bonds. The third-order valence-electron chi connectivity index (χ3n) is 3.44. The van der Waals surface area contributed by atoms with E-state index in [0.29, 0.717) is 16.3 Å². The lowest BCUT2D eigenvalue weighted by Crippen LogP contribution is -2.03. The second-order valence-electron chi connectivity index (χ2n) is 4.93. The molecule has 106 valence electrons. The summed E-state index contributed by atoms with van der Waals surface area (Å²) < 4.78 is 13.1. The molecule has 3 rings (SSSR count). The molecule has 2 nitrogen and oxygen atoms in total. The summed E-state index contributed by atoms with van der Waals surface area (Å²) in [5, 5.41) is 3.39. The van der Waals surface area contributed by atoms with Crippen LogP contribution in [0, 0.1) is 5.82 Å². The molecule has 0 aliphatic carbocycles. The number of allylic oxidation sites excluding steroid dienone is 1. The first kappa shape index (κ1) is 13.8. The van der Waals surface area contributed by atoms with Crippen LogP contribution in [0.4, 0.5) is 10.1 Å². The lowest BCUT2D eigenvalue weighted by molar-refractivity contribution is -0.110. The predicted molar refractivity (Wildman–Crippen MR) is 82.8 cm³/mol. The second-order valence-corrected chi connectivity index (χ2v) is 5.37. The second kappa shape index (κ2) is 5.70. The number of nitrogens with one attached hydrogen (secondary N) is 1. The van der Waals surface area contributed by atoms with Gasteiger partial charge in [-0.05, 0) is 48.7 Å². The molecule has 4 heteroatoms. The normalized spacial score (nSPS) is 15.1.